The Morgan fingerprint density at radius 1 is 1.52 bits per heavy atom. The molecule has 1 aromatic carbocycles. The van der Waals surface area contributed by atoms with Crippen LogP contribution in [0.2, 0.25) is 0 Å². The summed E-state index contributed by atoms with van der Waals surface area (Å²) in [6.07, 6.45) is 1.50. The first-order valence-corrected chi connectivity index (χ1v) is 8.01. The molecule has 4 nitrogen and oxygen atoms in total. The van der Waals surface area contributed by atoms with Crippen molar-refractivity contribution in [3.8, 4) is 10.6 Å². The molecule has 1 saturated heterocycles. The fraction of sp³-hybridized carbons (Fsp3) is 0.375. The summed E-state index contributed by atoms with van der Waals surface area (Å²) in [5.74, 6) is -0.0300. The van der Waals surface area contributed by atoms with E-state index in [0.717, 1.165) is 29.1 Å². The Morgan fingerprint density at radius 2 is 2.43 bits per heavy atom. The van der Waals surface area contributed by atoms with Crippen molar-refractivity contribution >= 4 is 17.2 Å². The van der Waals surface area contributed by atoms with Gasteiger partial charge >= 0.3 is 0 Å². The molecule has 110 valence electrons. The minimum atomic E-state index is -0.278. The summed E-state index contributed by atoms with van der Waals surface area (Å²) in [6, 6.07) is 8.28. The third-order valence-electron chi connectivity index (χ3n) is 3.48. The van der Waals surface area contributed by atoms with Gasteiger partial charge in [0.15, 0.2) is 0 Å². The smallest absolute Gasteiger partial charge is 0.249 e. The summed E-state index contributed by atoms with van der Waals surface area (Å²) < 4.78 is 5.36. The molecule has 1 atom stereocenters. The molecule has 0 radical (unpaired) electrons. The predicted octanol–water partition coefficient (Wildman–Crippen LogP) is 2.91. The van der Waals surface area contributed by atoms with Crippen LogP contribution >= 0.6 is 11.3 Å². The lowest BCUT2D eigenvalue weighted by Crippen LogP contribution is -2.33. The van der Waals surface area contributed by atoms with Crippen LogP contribution in [0.1, 0.15) is 24.1 Å². The number of benzene rings is 1. The van der Waals surface area contributed by atoms with E-state index in [1.807, 2.05) is 11.4 Å². The summed E-state index contributed by atoms with van der Waals surface area (Å²) in [5, 5.41) is 5.88. The van der Waals surface area contributed by atoms with Gasteiger partial charge in [-0.05, 0) is 25.8 Å². The van der Waals surface area contributed by atoms with Crippen molar-refractivity contribution in [3.63, 3.8) is 0 Å². The topological polar surface area (TPSA) is 51.2 Å². The van der Waals surface area contributed by atoms with Crippen molar-refractivity contribution in [3.05, 3.63) is 40.9 Å². The molecule has 0 bridgehead atoms. The SMILES string of the molecule is Cc1cccc(-c2nc(CNC(=O)[C@@H]3CCCO3)cs2)c1. The van der Waals surface area contributed by atoms with E-state index in [1.165, 1.54) is 5.56 Å². The van der Waals surface area contributed by atoms with E-state index in [4.69, 9.17) is 4.74 Å². The maximum absolute atomic E-state index is 11.9. The van der Waals surface area contributed by atoms with E-state index in [-0.39, 0.29) is 12.0 Å². The number of amides is 1. The largest absolute Gasteiger partial charge is 0.368 e. The molecule has 2 heterocycles. The van der Waals surface area contributed by atoms with Crippen molar-refractivity contribution in [2.24, 2.45) is 0 Å². The Kier molecular flexibility index (Phi) is 4.31. The van der Waals surface area contributed by atoms with E-state index < -0.39 is 0 Å². The van der Waals surface area contributed by atoms with Crippen LogP contribution < -0.4 is 5.32 Å². The molecule has 1 aliphatic rings. The first-order valence-electron chi connectivity index (χ1n) is 7.13. The average molecular weight is 302 g/mol. The van der Waals surface area contributed by atoms with E-state index in [1.54, 1.807) is 11.3 Å². The Labute approximate surface area is 128 Å². The zero-order chi connectivity index (χ0) is 14.7. The van der Waals surface area contributed by atoms with Gasteiger partial charge in [0.1, 0.15) is 11.1 Å². The number of aromatic nitrogens is 1. The molecule has 1 aromatic heterocycles. The molecule has 0 spiro atoms. The molecule has 1 amide bonds. The fourth-order valence-corrected chi connectivity index (χ4v) is 3.19. The first-order chi connectivity index (χ1) is 10.2. The van der Waals surface area contributed by atoms with Crippen LogP contribution in [0, 0.1) is 6.92 Å². The summed E-state index contributed by atoms with van der Waals surface area (Å²) >= 11 is 1.60. The Morgan fingerprint density at radius 3 is 3.19 bits per heavy atom. The van der Waals surface area contributed by atoms with Crippen molar-refractivity contribution in [2.45, 2.75) is 32.4 Å². The maximum Gasteiger partial charge on any atom is 0.249 e. The number of nitrogens with zero attached hydrogens (tertiary/aromatic N) is 1. The lowest BCUT2D eigenvalue weighted by Gasteiger charge is -2.08. The van der Waals surface area contributed by atoms with Crippen LogP contribution in [-0.4, -0.2) is 23.6 Å². The third kappa shape index (κ3) is 3.49. The van der Waals surface area contributed by atoms with Crippen LogP contribution in [0.3, 0.4) is 0 Å². The highest BCUT2D eigenvalue weighted by molar-refractivity contribution is 7.13. The molecule has 0 saturated carbocycles. The predicted molar refractivity (Wildman–Crippen MR) is 83.1 cm³/mol. The standard InChI is InChI=1S/C16H18N2O2S/c1-11-4-2-5-12(8-11)16-18-13(10-21-16)9-17-15(19)14-6-3-7-20-14/h2,4-5,8,10,14H,3,6-7,9H2,1H3,(H,17,19)/t14-/m0/s1. The molecule has 3 rings (SSSR count). The highest BCUT2D eigenvalue weighted by Gasteiger charge is 2.23. The maximum atomic E-state index is 11.9. The van der Waals surface area contributed by atoms with Crippen LogP contribution in [-0.2, 0) is 16.1 Å². The molecule has 0 aliphatic carbocycles. The molecule has 1 fully saturated rings. The molecule has 0 unspecified atom stereocenters. The van der Waals surface area contributed by atoms with Crippen LogP contribution in [0.5, 0.6) is 0 Å². The number of nitrogens with one attached hydrogen (secondary N) is 1. The zero-order valence-corrected chi connectivity index (χ0v) is 12.8. The monoisotopic (exact) mass is 302 g/mol. The second-order valence-corrected chi connectivity index (χ2v) is 6.09. The van der Waals surface area contributed by atoms with Crippen molar-refractivity contribution in [1.82, 2.24) is 10.3 Å². The summed E-state index contributed by atoms with van der Waals surface area (Å²) in [6.45, 7) is 3.22. The number of hydrogen-bond acceptors (Lipinski definition) is 4. The lowest BCUT2D eigenvalue weighted by molar-refractivity contribution is -0.130. The normalized spacial score (nSPS) is 17.9. The number of carbonyl (C=O) groups excluding carboxylic acids is 1. The quantitative estimate of drug-likeness (QED) is 0.945. The molecule has 1 N–H and O–H groups in total. The van der Waals surface area contributed by atoms with Gasteiger partial charge in [0.2, 0.25) is 5.91 Å². The number of aryl methyl sites for hydroxylation is 1. The molecular formula is C16H18N2O2S. The summed E-state index contributed by atoms with van der Waals surface area (Å²) in [7, 11) is 0. The Balaban J connectivity index is 1.61. The number of carbonyl (C=O) groups is 1. The van der Waals surface area contributed by atoms with Gasteiger partial charge in [-0.2, -0.15) is 0 Å². The fourth-order valence-electron chi connectivity index (χ4n) is 2.37. The van der Waals surface area contributed by atoms with Gasteiger partial charge in [-0.3, -0.25) is 4.79 Å². The van der Waals surface area contributed by atoms with E-state index in [9.17, 15) is 4.79 Å². The molecule has 1 aliphatic heterocycles. The zero-order valence-electron chi connectivity index (χ0n) is 12.0. The van der Waals surface area contributed by atoms with E-state index >= 15 is 0 Å². The van der Waals surface area contributed by atoms with Gasteiger partial charge in [-0.25, -0.2) is 4.98 Å². The highest BCUT2D eigenvalue weighted by atomic mass is 32.1. The first kappa shape index (κ1) is 14.2. The number of rotatable bonds is 4. The van der Waals surface area contributed by atoms with Gasteiger partial charge in [-0.1, -0.05) is 23.8 Å². The van der Waals surface area contributed by atoms with Gasteiger partial charge in [0.25, 0.3) is 0 Å². The third-order valence-corrected chi connectivity index (χ3v) is 4.42. The van der Waals surface area contributed by atoms with Crippen molar-refractivity contribution in [1.29, 1.82) is 0 Å². The van der Waals surface area contributed by atoms with Crippen molar-refractivity contribution < 1.29 is 9.53 Å². The van der Waals surface area contributed by atoms with E-state index in [0.29, 0.717) is 13.2 Å². The minimum Gasteiger partial charge on any atom is -0.368 e. The van der Waals surface area contributed by atoms with Crippen LogP contribution in [0.25, 0.3) is 10.6 Å². The molecule has 21 heavy (non-hydrogen) atoms. The second-order valence-electron chi connectivity index (χ2n) is 5.23. The molecule has 2 aromatic rings. The molecule has 5 heteroatoms. The van der Waals surface area contributed by atoms with Crippen molar-refractivity contribution in [2.75, 3.05) is 6.61 Å². The highest BCUT2D eigenvalue weighted by Crippen LogP contribution is 2.24. The molecular weight excluding hydrogens is 284 g/mol. The van der Waals surface area contributed by atoms with Gasteiger partial charge < -0.3 is 10.1 Å². The van der Waals surface area contributed by atoms with Crippen LogP contribution in [0.15, 0.2) is 29.6 Å². The number of thiazole rings is 1. The Hall–Kier alpha value is -1.72. The van der Waals surface area contributed by atoms with Gasteiger partial charge in [0, 0.05) is 17.6 Å². The minimum absolute atomic E-state index is 0.0300. The number of ether oxygens (including phenoxy) is 1. The van der Waals surface area contributed by atoms with Gasteiger partial charge in [0.05, 0.1) is 12.2 Å². The second kappa shape index (κ2) is 6.37. The van der Waals surface area contributed by atoms with E-state index in [2.05, 4.69) is 35.4 Å². The number of hydrogen-bond donors (Lipinski definition) is 1. The summed E-state index contributed by atoms with van der Waals surface area (Å²) in [5.41, 5.74) is 3.23. The van der Waals surface area contributed by atoms with Gasteiger partial charge in [-0.15, -0.1) is 11.3 Å². The lowest BCUT2D eigenvalue weighted by atomic mass is 10.1. The van der Waals surface area contributed by atoms with Crippen LogP contribution in [0.4, 0.5) is 0 Å². The summed E-state index contributed by atoms with van der Waals surface area (Å²) in [4.78, 5) is 16.5. The average Bonchev–Trinajstić information content (AvgIpc) is 3.16. The Bertz CT molecular complexity index is 633.